The van der Waals surface area contributed by atoms with E-state index in [1.165, 1.54) is 6.07 Å². The van der Waals surface area contributed by atoms with Crippen LogP contribution in [-0.4, -0.2) is 0 Å². The Kier molecular flexibility index (Phi) is 4.63. The molecule has 0 aliphatic rings. The highest BCUT2D eigenvalue weighted by Crippen LogP contribution is 2.34. The Morgan fingerprint density at radius 3 is 2.43 bits per heavy atom. The van der Waals surface area contributed by atoms with E-state index in [4.69, 9.17) is 10.5 Å². The molecule has 2 N–H and O–H groups in total. The summed E-state index contributed by atoms with van der Waals surface area (Å²) in [6.07, 6.45) is 0. The topological polar surface area (TPSA) is 35.2 Å². The largest absolute Gasteiger partial charge is 0.454 e. The summed E-state index contributed by atoms with van der Waals surface area (Å²) in [7, 11) is 0. The second kappa shape index (κ2) is 6.27. The Balaban J connectivity index is 2.45. The molecule has 2 rings (SSSR count). The van der Waals surface area contributed by atoms with Crippen LogP contribution in [0.4, 0.5) is 4.39 Å². The second-order valence-corrected chi connectivity index (χ2v) is 5.73. The molecule has 3 heteroatoms. The molecular formula is C18H22FNO. The van der Waals surface area contributed by atoms with E-state index in [1.807, 2.05) is 26.0 Å². The van der Waals surface area contributed by atoms with E-state index in [-0.39, 0.29) is 17.6 Å². The van der Waals surface area contributed by atoms with Crippen molar-refractivity contribution in [2.45, 2.75) is 39.7 Å². The average Bonchev–Trinajstić information content (AvgIpc) is 2.42. The molecule has 0 saturated carbocycles. The summed E-state index contributed by atoms with van der Waals surface area (Å²) in [4.78, 5) is 0. The lowest BCUT2D eigenvalue weighted by Crippen LogP contribution is -2.08. The molecule has 0 aliphatic carbocycles. The Hall–Kier alpha value is -1.87. The summed E-state index contributed by atoms with van der Waals surface area (Å²) < 4.78 is 20.0. The fourth-order valence-corrected chi connectivity index (χ4v) is 2.19. The van der Waals surface area contributed by atoms with Crippen LogP contribution in [0.3, 0.4) is 0 Å². The highest BCUT2D eigenvalue weighted by Gasteiger charge is 2.15. The smallest absolute Gasteiger partial charge is 0.167 e. The molecule has 1 atom stereocenters. The number of ether oxygens (including phenoxy) is 1. The van der Waals surface area contributed by atoms with Gasteiger partial charge in [0.1, 0.15) is 5.75 Å². The first kappa shape index (κ1) is 15.5. The van der Waals surface area contributed by atoms with Crippen molar-refractivity contribution in [3.05, 3.63) is 58.9 Å². The van der Waals surface area contributed by atoms with Crippen LogP contribution in [0, 0.1) is 12.7 Å². The van der Waals surface area contributed by atoms with Gasteiger partial charge in [-0.15, -0.1) is 0 Å². The number of hydrogen-bond donors (Lipinski definition) is 1. The number of nitrogens with two attached hydrogens (primary N) is 1. The van der Waals surface area contributed by atoms with Gasteiger partial charge in [-0.2, -0.15) is 0 Å². The van der Waals surface area contributed by atoms with Crippen LogP contribution < -0.4 is 10.5 Å². The minimum absolute atomic E-state index is 0.219. The zero-order chi connectivity index (χ0) is 15.6. The lowest BCUT2D eigenvalue weighted by molar-refractivity contribution is 0.429. The molecular weight excluding hydrogens is 265 g/mol. The van der Waals surface area contributed by atoms with Gasteiger partial charge in [0.2, 0.25) is 0 Å². The number of halogens is 1. The molecule has 0 saturated heterocycles. The van der Waals surface area contributed by atoms with Gasteiger partial charge in [0.15, 0.2) is 11.6 Å². The zero-order valence-corrected chi connectivity index (χ0v) is 13.0. The van der Waals surface area contributed by atoms with E-state index in [1.54, 1.807) is 12.1 Å². The molecule has 0 radical (unpaired) electrons. The molecule has 0 fully saturated rings. The van der Waals surface area contributed by atoms with Gasteiger partial charge < -0.3 is 10.5 Å². The summed E-state index contributed by atoms with van der Waals surface area (Å²) in [5.41, 5.74) is 8.71. The minimum atomic E-state index is -0.390. The number of hydrogen-bond acceptors (Lipinski definition) is 2. The van der Waals surface area contributed by atoms with Crippen LogP contribution in [0.15, 0.2) is 36.4 Å². The molecule has 0 aromatic heterocycles. The monoisotopic (exact) mass is 287 g/mol. The lowest BCUT2D eigenvalue weighted by atomic mass is 10.0. The van der Waals surface area contributed by atoms with Gasteiger partial charge in [0.05, 0.1) is 0 Å². The predicted molar refractivity (Wildman–Crippen MR) is 84.3 cm³/mol. The van der Waals surface area contributed by atoms with Gasteiger partial charge in [-0.25, -0.2) is 4.39 Å². The highest BCUT2D eigenvalue weighted by atomic mass is 19.1. The quantitative estimate of drug-likeness (QED) is 0.852. The number of benzene rings is 2. The van der Waals surface area contributed by atoms with E-state index in [9.17, 15) is 4.39 Å². The third-order valence-corrected chi connectivity index (χ3v) is 3.58. The van der Waals surface area contributed by atoms with Crippen LogP contribution >= 0.6 is 0 Å². The molecule has 2 nitrogen and oxygen atoms in total. The molecule has 2 aromatic rings. The normalized spacial score (nSPS) is 12.5. The van der Waals surface area contributed by atoms with Crippen LogP contribution in [0.1, 0.15) is 49.4 Å². The molecule has 2 aromatic carbocycles. The molecule has 21 heavy (non-hydrogen) atoms. The fourth-order valence-electron chi connectivity index (χ4n) is 2.19. The van der Waals surface area contributed by atoms with E-state index < -0.39 is 0 Å². The van der Waals surface area contributed by atoms with Gasteiger partial charge in [-0.3, -0.25) is 0 Å². The molecule has 0 spiro atoms. The van der Waals surface area contributed by atoms with Crippen molar-refractivity contribution < 1.29 is 9.13 Å². The Morgan fingerprint density at radius 1 is 1.10 bits per heavy atom. The standard InChI is InChI=1S/C18H22FNO/c1-11(2)14-9-8-12(3)17(10-14)21-18-15(13(4)20)6-5-7-16(18)19/h5-11,13H,20H2,1-4H3/t13-/m0/s1. The van der Waals surface area contributed by atoms with Crippen LogP contribution in [0.25, 0.3) is 0 Å². The SMILES string of the molecule is Cc1ccc(C(C)C)cc1Oc1c(F)cccc1[C@H](C)N. The van der Waals surface area contributed by atoms with E-state index >= 15 is 0 Å². The highest BCUT2D eigenvalue weighted by molar-refractivity contribution is 5.44. The third-order valence-electron chi connectivity index (χ3n) is 3.58. The summed E-state index contributed by atoms with van der Waals surface area (Å²) in [6.45, 7) is 8.00. The number of rotatable bonds is 4. The third kappa shape index (κ3) is 3.42. The Morgan fingerprint density at radius 2 is 1.81 bits per heavy atom. The zero-order valence-electron chi connectivity index (χ0n) is 13.0. The molecule has 112 valence electrons. The first-order valence-electron chi connectivity index (χ1n) is 7.22. The van der Waals surface area contributed by atoms with Gasteiger partial charge in [-0.05, 0) is 43.0 Å². The van der Waals surface area contributed by atoms with Crippen molar-refractivity contribution in [1.82, 2.24) is 0 Å². The van der Waals surface area contributed by atoms with Gasteiger partial charge >= 0.3 is 0 Å². The second-order valence-electron chi connectivity index (χ2n) is 5.73. The van der Waals surface area contributed by atoms with E-state index in [0.717, 1.165) is 11.1 Å². The molecule has 0 bridgehead atoms. The van der Waals surface area contributed by atoms with Crippen molar-refractivity contribution >= 4 is 0 Å². The van der Waals surface area contributed by atoms with Crippen molar-refractivity contribution in [3.63, 3.8) is 0 Å². The average molecular weight is 287 g/mol. The maximum atomic E-state index is 14.1. The fraction of sp³-hybridized carbons (Fsp3) is 0.333. The number of para-hydroxylation sites is 1. The van der Waals surface area contributed by atoms with Crippen LogP contribution in [-0.2, 0) is 0 Å². The van der Waals surface area contributed by atoms with Crippen molar-refractivity contribution in [2.24, 2.45) is 5.73 Å². The summed E-state index contributed by atoms with van der Waals surface area (Å²) in [6, 6.07) is 10.6. The van der Waals surface area contributed by atoms with E-state index in [2.05, 4.69) is 19.9 Å². The number of aryl methyl sites for hydroxylation is 1. The molecule has 0 amide bonds. The summed E-state index contributed by atoms with van der Waals surface area (Å²) in [5.74, 6) is 0.894. The van der Waals surface area contributed by atoms with Gasteiger partial charge in [0.25, 0.3) is 0 Å². The Bertz CT molecular complexity index is 635. The lowest BCUT2D eigenvalue weighted by Gasteiger charge is -2.17. The van der Waals surface area contributed by atoms with Gasteiger partial charge in [-0.1, -0.05) is 38.1 Å². The van der Waals surface area contributed by atoms with Gasteiger partial charge in [0, 0.05) is 11.6 Å². The Labute approximate surface area is 125 Å². The molecule has 0 unspecified atom stereocenters. The predicted octanol–water partition coefficient (Wildman–Crippen LogP) is 5.07. The van der Waals surface area contributed by atoms with Crippen LogP contribution in [0.2, 0.25) is 0 Å². The van der Waals surface area contributed by atoms with Crippen molar-refractivity contribution in [3.8, 4) is 11.5 Å². The minimum Gasteiger partial charge on any atom is -0.454 e. The van der Waals surface area contributed by atoms with Crippen LogP contribution in [0.5, 0.6) is 11.5 Å². The maximum absolute atomic E-state index is 14.1. The molecule has 0 heterocycles. The summed E-state index contributed by atoms with van der Waals surface area (Å²) in [5, 5.41) is 0. The van der Waals surface area contributed by atoms with Crippen molar-refractivity contribution in [2.75, 3.05) is 0 Å². The molecule has 0 aliphatic heterocycles. The first-order chi connectivity index (χ1) is 9.90. The maximum Gasteiger partial charge on any atom is 0.167 e. The van der Waals surface area contributed by atoms with E-state index in [0.29, 0.717) is 17.2 Å². The van der Waals surface area contributed by atoms with Crippen molar-refractivity contribution in [1.29, 1.82) is 0 Å². The summed E-state index contributed by atoms with van der Waals surface area (Å²) >= 11 is 0. The first-order valence-corrected chi connectivity index (χ1v) is 7.22.